The highest BCUT2D eigenvalue weighted by Crippen LogP contribution is 2.55. The third kappa shape index (κ3) is 5.37. The van der Waals surface area contributed by atoms with Crippen LogP contribution in [-0.2, 0) is 6.54 Å². The van der Waals surface area contributed by atoms with Crippen LogP contribution >= 0.6 is 23.2 Å². The largest absolute Gasteiger partial charge is 0.338 e. The predicted octanol–water partition coefficient (Wildman–Crippen LogP) is 5.18. The smallest absolute Gasteiger partial charge is 0.317 e. The summed E-state index contributed by atoms with van der Waals surface area (Å²) in [5, 5.41) is 10.6. The van der Waals surface area contributed by atoms with Crippen LogP contribution in [0.1, 0.15) is 56.9 Å². The highest BCUT2D eigenvalue weighted by Gasteiger charge is 2.51. The van der Waals surface area contributed by atoms with E-state index in [1.54, 1.807) is 12.1 Å². The lowest BCUT2D eigenvalue weighted by Crippen LogP contribution is -2.61. The monoisotopic (exact) mass is 492 g/mol. The van der Waals surface area contributed by atoms with E-state index < -0.39 is 0 Å². The second-order valence-electron chi connectivity index (χ2n) is 10.9. The van der Waals surface area contributed by atoms with E-state index in [1.165, 1.54) is 38.5 Å². The molecule has 1 heterocycles. The molecule has 0 radical (unpaired) electrons. The van der Waals surface area contributed by atoms with Crippen molar-refractivity contribution >= 4 is 35.3 Å². The molecule has 1 aliphatic heterocycles. The molecule has 5 fully saturated rings. The summed E-state index contributed by atoms with van der Waals surface area (Å²) in [4.78, 5) is 27.1. The van der Waals surface area contributed by atoms with Gasteiger partial charge in [0.25, 0.3) is 0 Å². The van der Waals surface area contributed by atoms with Crippen molar-refractivity contribution in [1.82, 2.24) is 20.9 Å². The number of nitrogens with zero attached hydrogens (tertiary/aromatic N) is 1. The fourth-order valence-electron chi connectivity index (χ4n) is 7.07. The highest BCUT2D eigenvalue weighted by atomic mass is 35.5. The minimum absolute atomic E-state index is 0.00281. The summed E-state index contributed by atoms with van der Waals surface area (Å²) < 4.78 is 0. The number of piperidine rings is 1. The number of rotatable bonds is 5. The maximum Gasteiger partial charge on any atom is 0.317 e. The number of carbonyl (C=O) groups is 2. The highest BCUT2D eigenvalue weighted by molar-refractivity contribution is 6.35. The number of benzene rings is 1. The third-order valence-corrected chi connectivity index (χ3v) is 8.90. The summed E-state index contributed by atoms with van der Waals surface area (Å²) in [6.07, 6.45) is 9.42. The average Bonchev–Trinajstić information content (AvgIpc) is 2.76. The maximum absolute atomic E-state index is 12.7. The van der Waals surface area contributed by atoms with Gasteiger partial charge in [0.2, 0.25) is 0 Å². The van der Waals surface area contributed by atoms with Crippen LogP contribution in [0.25, 0.3) is 0 Å². The van der Waals surface area contributed by atoms with Gasteiger partial charge in [-0.05, 0) is 92.7 Å². The van der Waals surface area contributed by atoms with E-state index in [9.17, 15) is 9.59 Å². The number of nitrogens with one attached hydrogen (secondary N) is 3. The molecule has 1 aromatic rings. The maximum atomic E-state index is 12.7. The van der Waals surface area contributed by atoms with Crippen molar-refractivity contribution < 1.29 is 9.59 Å². The first-order chi connectivity index (χ1) is 15.9. The molecular formula is C25H34Cl2N4O2. The van der Waals surface area contributed by atoms with Crippen molar-refractivity contribution in [2.75, 3.05) is 19.6 Å². The lowest BCUT2D eigenvalue weighted by Gasteiger charge is -2.56. The van der Waals surface area contributed by atoms with Gasteiger partial charge in [-0.15, -0.1) is 0 Å². The molecule has 0 unspecified atom stereocenters. The Morgan fingerprint density at radius 2 is 1.61 bits per heavy atom. The van der Waals surface area contributed by atoms with Gasteiger partial charge in [0, 0.05) is 41.8 Å². The van der Waals surface area contributed by atoms with Crippen molar-refractivity contribution in [1.29, 1.82) is 0 Å². The summed E-state index contributed by atoms with van der Waals surface area (Å²) in [5.74, 6) is 2.87. The van der Waals surface area contributed by atoms with Crippen LogP contribution < -0.4 is 16.0 Å². The number of hydrogen-bond acceptors (Lipinski definition) is 2. The molecule has 6 rings (SSSR count). The molecule has 0 spiro atoms. The lowest BCUT2D eigenvalue weighted by molar-refractivity contribution is -0.0135. The zero-order valence-corrected chi connectivity index (χ0v) is 20.6. The zero-order chi connectivity index (χ0) is 23.0. The Bertz CT molecular complexity index is 865. The molecule has 1 aromatic carbocycles. The van der Waals surface area contributed by atoms with Gasteiger partial charge in [0.1, 0.15) is 0 Å². The zero-order valence-electron chi connectivity index (χ0n) is 19.0. The molecule has 4 amide bonds. The number of carbonyl (C=O) groups excluding carboxylic acids is 2. The molecule has 3 N–H and O–H groups in total. The summed E-state index contributed by atoms with van der Waals surface area (Å²) in [6.45, 7) is 2.45. The molecule has 5 aliphatic rings. The number of amides is 4. The first-order valence-corrected chi connectivity index (χ1v) is 13.2. The second-order valence-corrected chi connectivity index (χ2v) is 11.7. The molecule has 0 aromatic heterocycles. The van der Waals surface area contributed by atoms with Gasteiger partial charge in [0.05, 0.1) is 0 Å². The number of hydrogen-bond donors (Lipinski definition) is 3. The van der Waals surface area contributed by atoms with Crippen LogP contribution in [0, 0.1) is 23.7 Å². The summed E-state index contributed by atoms with van der Waals surface area (Å²) >= 11 is 12.1. The fraction of sp³-hybridized carbons (Fsp3) is 0.680. The van der Waals surface area contributed by atoms with E-state index in [1.807, 2.05) is 11.0 Å². The minimum Gasteiger partial charge on any atom is -0.338 e. The molecule has 4 bridgehead atoms. The molecule has 180 valence electrons. The van der Waals surface area contributed by atoms with Crippen molar-refractivity contribution in [2.24, 2.45) is 23.7 Å². The van der Waals surface area contributed by atoms with E-state index in [0.717, 1.165) is 36.2 Å². The minimum atomic E-state index is -0.0769. The van der Waals surface area contributed by atoms with Gasteiger partial charge >= 0.3 is 12.1 Å². The SMILES string of the molecule is O=C(NCC1CCN(C(=O)NCc2ccc(Cl)cc2Cl)CC1)NC12CC3CC(CC(C3)C1)C2. The molecule has 4 aliphatic carbocycles. The standard InChI is InChI=1S/C25H34Cl2N4O2/c26-21-2-1-20(22(27)10-21)15-29-24(33)31-5-3-16(4-6-31)14-28-23(32)30-25-11-17-7-18(12-25)9-19(8-17)13-25/h1-2,10,16-19H,3-9,11-15H2,(H,29,33)(H2,28,30,32). The van der Waals surface area contributed by atoms with Crippen LogP contribution in [0.5, 0.6) is 0 Å². The van der Waals surface area contributed by atoms with Crippen LogP contribution in [-0.4, -0.2) is 42.1 Å². The van der Waals surface area contributed by atoms with E-state index in [2.05, 4.69) is 16.0 Å². The van der Waals surface area contributed by atoms with Crippen molar-refractivity contribution in [3.63, 3.8) is 0 Å². The summed E-state index contributed by atoms with van der Waals surface area (Å²) in [5.41, 5.74) is 0.895. The number of halogens is 2. The Labute approximate surface area is 206 Å². The van der Waals surface area contributed by atoms with Crippen molar-refractivity contribution in [2.45, 2.75) is 63.5 Å². The molecule has 4 saturated carbocycles. The van der Waals surface area contributed by atoms with Gasteiger partial charge in [0.15, 0.2) is 0 Å². The van der Waals surface area contributed by atoms with Crippen molar-refractivity contribution in [3.05, 3.63) is 33.8 Å². The van der Waals surface area contributed by atoms with Crippen molar-refractivity contribution in [3.8, 4) is 0 Å². The molecule has 0 atom stereocenters. The molecule has 8 heteroatoms. The fourth-order valence-corrected chi connectivity index (χ4v) is 7.55. The third-order valence-electron chi connectivity index (χ3n) is 8.32. The predicted molar refractivity (Wildman–Crippen MR) is 130 cm³/mol. The van der Waals surface area contributed by atoms with Crippen LogP contribution in [0.4, 0.5) is 9.59 Å². The second kappa shape index (κ2) is 9.53. The first-order valence-electron chi connectivity index (χ1n) is 12.4. The van der Waals surface area contributed by atoms with Gasteiger partial charge in [-0.2, -0.15) is 0 Å². The Morgan fingerprint density at radius 3 is 2.21 bits per heavy atom. The Balaban J connectivity index is 1.02. The molecule has 1 saturated heterocycles. The Hall–Kier alpha value is -1.66. The number of urea groups is 2. The Morgan fingerprint density at radius 1 is 0.970 bits per heavy atom. The van der Waals surface area contributed by atoms with Gasteiger partial charge in [-0.25, -0.2) is 9.59 Å². The van der Waals surface area contributed by atoms with Gasteiger partial charge < -0.3 is 20.9 Å². The quantitative estimate of drug-likeness (QED) is 0.529. The normalized spacial score (nSPS) is 30.8. The average molecular weight is 493 g/mol. The first kappa shape index (κ1) is 23.1. The molecular weight excluding hydrogens is 459 g/mol. The van der Waals surface area contributed by atoms with Crippen LogP contribution in [0.2, 0.25) is 10.0 Å². The lowest BCUT2D eigenvalue weighted by atomic mass is 9.53. The molecule has 6 nitrogen and oxygen atoms in total. The van der Waals surface area contributed by atoms with E-state index in [0.29, 0.717) is 42.1 Å². The summed E-state index contributed by atoms with van der Waals surface area (Å²) in [6, 6.07) is 5.20. The van der Waals surface area contributed by atoms with Gasteiger partial charge in [-0.1, -0.05) is 29.3 Å². The van der Waals surface area contributed by atoms with E-state index in [-0.39, 0.29) is 17.6 Å². The van der Waals surface area contributed by atoms with Crippen LogP contribution in [0.15, 0.2) is 18.2 Å². The van der Waals surface area contributed by atoms with E-state index >= 15 is 0 Å². The van der Waals surface area contributed by atoms with E-state index in [4.69, 9.17) is 23.2 Å². The van der Waals surface area contributed by atoms with Crippen LogP contribution in [0.3, 0.4) is 0 Å². The topological polar surface area (TPSA) is 73.5 Å². The van der Waals surface area contributed by atoms with Gasteiger partial charge in [-0.3, -0.25) is 0 Å². The molecule has 33 heavy (non-hydrogen) atoms. The number of likely N-dealkylation sites (tertiary alicyclic amines) is 1. The summed E-state index contributed by atoms with van der Waals surface area (Å²) in [7, 11) is 0. The Kier molecular flexibility index (Phi) is 6.67.